The molecular formula is C17H16N2O2S. The predicted octanol–water partition coefficient (Wildman–Crippen LogP) is 2.90. The summed E-state index contributed by atoms with van der Waals surface area (Å²) in [7, 11) is -3.22. The van der Waals surface area contributed by atoms with Gasteiger partial charge < -0.3 is 0 Å². The highest BCUT2D eigenvalue weighted by atomic mass is 32.2. The van der Waals surface area contributed by atoms with E-state index in [4.69, 9.17) is 0 Å². The number of rotatable bonds is 2. The molecule has 0 fully saturated rings. The molecule has 4 nitrogen and oxygen atoms in total. The summed E-state index contributed by atoms with van der Waals surface area (Å²) in [5.74, 6) is 0. The third-order valence-corrected chi connectivity index (χ3v) is 5.11. The average Bonchev–Trinajstić information content (AvgIpc) is 2.53. The number of nitriles is 1. The third kappa shape index (κ3) is 2.75. The Kier molecular flexibility index (Phi) is 3.71. The largest absolute Gasteiger partial charge is 0.251 e. The molecular weight excluding hydrogens is 296 g/mol. The van der Waals surface area contributed by atoms with Gasteiger partial charge in [0, 0.05) is 17.5 Å². The molecule has 1 aromatic carbocycles. The van der Waals surface area contributed by atoms with E-state index in [1.807, 2.05) is 6.07 Å². The molecule has 0 atom stereocenters. The van der Waals surface area contributed by atoms with Crippen LogP contribution in [0.4, 0.5) is 0 Å². The van der Waals surface area contributed by atoms with Gasteiger partial charge in [0.05, 0.1) is 16.2 Å². The van der Waals surface area contributed by atoms with Gasteiger partial charge in [0.25, 0.3) is 0 Å². The summed E-state index contributed by atoms with van der Waals surface area (Å²) in [5.41, 5.74) is 4.19. The van der Waals surface area contributed by atoms with Crippen molar-refractivity contribution in [1.29, 1.82) is 5.26 Å². The number of aryl methyl sites for hydroxylation is 2. The summed E-state index contributed by atoms with van der Waals surface area (Å²) >= 11 is 0. The lowest BCUT2D eigenvalue weighted by Crippen LogP contribution is -2.07. The van der Waals surface area contributed by atoms with Crippen molar-refractivity contribution in [3.05, 3.63) is 47.2 Å². The molecule has 22 heavy (non-hydrogen) atoms. The molecule has 1 heterocycles. The fourth-order valence-corrected chi connectivity index (χ4v) is 3.43. The molecule has 1 aliphatic rings. The van der Waals surface area contributed by atoms with Crippen molar-refractivity contribution >= 4 is 9.84 Å². The second-order valence-electron chi connectivity index (χ2n) is 5.61. The molecule has 2 aromatic rings. The predicted molar refractivity (Wildman–Crippen MR) is 84.1 cm³/mol. The van der Waals surface area contributed by atoms with Crippen LogP contribution >= 0.6 is 0 Å². The van der Waals surface area contributed by atoms with Crippen LogP contribution in [-0.2, 0) is 22.7 Å². The summed E-state index contributed by atoms with van der Waals surface area (Å²) in [4.78, 5) is 4.95. The van der Waals surface area contributed by atoms with E-state index in [1.165, 1.54) is 11.8 Å². The Morgan fingerprint density at radius 3 is 2.45 bits per heavy atom. The highest BCUT2D eigenvalue weighted by Gasteiger charge is 2.16. The normalized spacial score (nSPS) is 14.2. The van der Waals surface area contributed by atoms with Gasteiger partial charge in [-0.15, -0.1) is 0 Å². The van der Waals surface area contributed by atoms with Gasteiger partial charge in [-0.25, -0.2) is 8.42 Å². The van der Waals surface area contributed by atoms with Gasteiger partial charge in [-0.2, -0.15) is 5.26 Å². The van der Waals surface area contributed by atoms with Gasteiger partial charge in [-0.05, 0) is 49.4 Å². The molecule has 3 rings (SSSR count). The molecule has 0 spiro atoms. The molecule has 1 aliphatic carbocycles. The van der Waals surface area contributed by atoms with Crippen molar-refractivity contribution in [2.24, 2.45) is 0 Å². The molecule has 112 valence electrons. The van der Waals surface area contributed by atoms with E-state index < -0.39 is 9.84 Å². The zero-order valence-corrected chi connectivity index (χ0v) is 13.2. The Balaban J connectivity index is 2.10. The number of aromatic nitrogens is 1. The first-order chi connectivity index (χ1) is 10.5. The summed E-state index contributed by atoms with van der Waals surface area (Å²) < 4.78 is 23.1. The number of fused-ring (bicyclic) bond motifs is 1. The number of hydrogen-bond donors (Lipinski definition) is 0. The minimum atomic E-state index is -3.22. The maximum Gasteiger partial charge on any atom is 0.175 e. The SMILES string of the molecule is CS(=O)(=O)c1ccc(-c2nc3c(cc2C#N)CCCC3)cc1. The van der Waals surface area contributed by atoms with Gasteiger partial charge in [0.1, 0.15) is 6.07 Å². The highest BCUT2D eigenvalue weighted by Crippen LogP contribution is 2.28. The van der Waals surface area contributed by atoms with E-state index in [1.54, 1.807) is 24.3 Å². The van der Waals surface area contributed by atoms with Crippen molar-refractivity contribution in [2.75, 3.05) is 6.26 Å². The minimum absolute atomic E-state index is 0.271. The number of pyridine rings is 1. The molecule has 1 aromatic heterocycles. The van der Waals surface area contributed by atoms with Crippen LogP contribution < -0.4 is 0 Å². The van der Waals surface area contributed by atoms with Gasteiger partial charge >= 0.3 is 0 Å². The summed E-state index contributed by atoms with van der Waals surface area (Å²) in [5, 5.41) is 9.38. The molecule has 0 aliphatic heterocycles. The van der Waals surface area contributed by atoms with Gasteiger partial charge in [-0.3, -0.25) is 4.98 Å². The summed E-state index contributed by atoms with van der Waals surface area (Å²) in [6, 6.07) is 10.7. The van der Waals surface area contributed by atoms with Crippen LogP contribution in [0.25, 0.3) is 11.3 Å². The molecule has 5 heteroatoms. The Labute approximate surface area is 130 Å². The fourth-order valence-electron chi connectivity index (χ4n) is 2.80. The molecule has 0 bridgehead atoms. The van der Waals surface area contributed by atoms with Crippen LogP contribution in [0.3, 0.4) is 0 Å². The van der Waals surface area contributed by atoms with Crippen LogP contribution in [0, 0.1) is 11.3 Å². The lowest BCUT2D eigenvalue weighted by Gasteiger charge is -2.17. The van der Waals surface area contributed by atoms with E-state index >= 15 is 0 Å². The average molecular weight is 312 g/mol. The zero-order valence-electron chi connectivity index (χ0n) is 12.3. The lowest BCUT2D eigenvalue weighted by atomic mass is 9.93. The second kappa shape index (κ2) is 5.54. The fraction of sp³-hybridized carbons (Fsp3) is 0.294. The Bertz CT molecular complexity index is 863. The Morgan fingerprint density at radius 2 is 1.82 bits per heavy atom. The Morgan fingerprint density at radius 1 is 1.14 bits per heavy atom. The second-order valence-corrected chi connectivity index (χ2v) is 7.62. The first-order valence-electron chi connectivity index (χ1n) is 7.22. The molecule has 0 radical (unpaired) electrons. The van der Waals surface area contributed by atoms with Crippen molar-refractivity contribution in [3.63, 3.8) is 0 Å². The third-order valence-electron chi connectivity index (χ3n) is 3.98. The molecule has 0 saturated heterocycles. The van der Waals surface area contributed by atoms with E-state index in [2.05, 4.69) is 11.1 Å². The smallest absolute Gasteiger partial charge is 0.175 e. The van der Waals surface area contributed by atoms with E-state index in [-0.39, 0.29) is 4.90 Å². The highest BCUT2D eigenvalue weighted by molar-refractivity contribution is 7.90. The first kappa shape index (κ1) is 14.7. The number of benzene rings is 1. The van der Waals surface area contributed by atoms with Crippen molar-refractivity contribution in [1.82, 2.24) is 4.98 Å². The number of sulfone groups is 1. The van der Waals surface area contributed by atoms with Crippen LogP contribution in [0.1, 0.15) is 29.7 Å². The Hall–Kier alpha value is -2.19. The van der Waals surface area contributed by atoms with Crippen LogP contribution in [-0.4, -0.2) is 19.7 Å². The summed E-state index contributed by atoms with van der Waals surface area (Å²) in [6.45, 7) is 0. The van der Waals surface area contributed by atoms with Crippen molar-refractivity contribution < 1.29 is 8.42 Å². The van der Waals surface area contributed by atoms with Crippen molar-refractivity contribution in [2.45, 2.75) is 30.6 Å². The van der Waals surface area contributed by atoms with Crippen LogP contribution in [0.15, 0.2) is 35.2 Å². The molecule has 0 unspecified atom stereocenters. The lowest BCUT2D eigenvalue weighted by molar-refractivity contribution is 0.602. The standard InChI is InChI=1S/C17H16N2O2S/c1-22(20,21)15-8-6-12(7-9-15)17-14(11-18)10-13-4-2-3-5-16(13)19-17/h6-10H,2-5H2,1H3. The topological polar surface area (TPSA) is 70.8 Å². The van der Waals surface area contributed by atoms with E-state index in [9.17, 15) is 13.7 Å². The number of hydrogen-bond acceptors (Lipinski definition) is 4. The summed E-state index contributed by atoms with van der Waals surface area (Å²) in [6.07, 6.45) is 5.36. The maximum atomic E-state index is 11.5. The minimum Gasteiger partial charge on any atom is -0.251 e. The number of nitrogens with zero attached hydrogens (tertiary/aromatic N) is 2. The van der Waals surface area contributed by atoms with Crippen LogP contribution in [0.2, 0.25) is 0 Å². The van der Waals surface area contributed by atoms with E-state index in [0.717, 1.165) is 36.9 Å². The van der Waals surface area contributed by atoms with Crippen molar-refractivity contribution in [3.8, 4) is 17.3 Å². The molecule has 0 N–H and O–H groups in total. The monoisotopic (exact) mass is 312 g/mol. The zero-order chi connectivity index (χ0) is 15.7. The first-order valence-corrected chi connectivity index (χ1v) is 9.11. The van der Waals surface area contributed by atoms with Gasteiger partial charge in [0.2, 0.25) is 0 Å². The maximum absolute atomic E-state index is 11.5. The quantitative estimate of drug-likeness (QED) is 0.855. The van der Waals surface area contributed by atoms with Gasteiger partial charge in [-0.1, -0.05) is 12.1 Å². The van der Waals surface area contributed by atoms with Gasteiger partial charge in [0.15, 0.2) is 9.84 Å². The van der Waals surface area contributed by atoms with Crippen LogP contribution in [0.5, 0.6) is 0 Å². The molecule has 0 amide bonds. The van der Waals surface area contributed by atoms with E-state index in [0.29, 0.717) is 11.3 Å². The molecule has 0 saturated carbocycles.